The summed E-state index contributed by atoms with van der Waals surface area (Å²) in [5, 5.41) is 57.2. The van der Waals surface area contributed by atoms with Crippen molar-refractivity contribution >= 4 is 11.9 Å². The Labute approximate surface area is 497 Å². The summed E-state index contributed by atoms with van der Waals surface area (Å²) in [7, 11) is 0. The molecule has 0 aliphatic carbocycles. The van der Waals surface area contributed by atoms with Crippen LogP contribution in [0.1, 0.15) is 310 Å². The Hall–Kier alpha value is -2.64. The van der Waals surface area contributed by atoms with Gasteiger partial charge in [-0.15, -0.1) is 0 Å². The highest BCUT2D eigenvalue weighted by atomic mass is 16.7. The van der Waals surface area contributed by atoms with Crippen molar-refractivity contribution in [1.29, 1.82) is 0 Å². The Balaban J connectivity index is 2.64. The zero-order chi connectivity index (χ0) is 58.9. The lowest BCUT2D eigenvalue weighted by molar-refractivity contribution is -0.305. The van der Waals surface area contributed by atoms with E-state index in [4.69, 9.17) is 14.2 Å². The minimum absolute atomic E-state index is 0.115. The summed E-state index contributed by atoms with van der Waals surface area (Å²) in [5.41, 5.74) is 0. The molecule has 81 heavy (non-hydrogen) atoms. The number of amides is 1. The summed E-state index contributed by atoms with van der Waals surface area (Å²) in [6.45, 7) is 5.78. The number of carbonyl (C=O) groups is 2. The molecule has 0 spiro atoms. The summed E-state index contributed by atoms with van der Waals surface area (Å²) in [5.74, 6) is -1.20. The number of unbranched alkanes of at least 4 members (excludes halogenated alkanes) is 36. The Bertz CT molecular complexity index is 1550. The van der Waals surface area contributed by atoms with Crippen LogP contribution in [0.2, 0.25) is 0 Å². The second-order valence-corrected chi connectivity index (χ2v) is 23.6. The predicted molar refractivity (Wildman–Crippen MR) is 338 cm³/mol. The van der Waals surface area contributed by atoms with Crippen molar-refractivity contribution in [2.24, 2.45) is 0 Å². The quantitative estimate of drug-likeness (QED) is 0.0195. The Kier molecular flexibility index (Phi) is 54.5. The van der Waals surface area contributed by atoms with Crippen LogP contribution in [0.5, 0.6) is 0 Å². The highest BCUT2D eigenvalue weighted by molar-refractivity contribution is 5.80. The Morgan fingerprint density at radius 3 is 1.31 bits per heavy atom. The molecule has 0 aromatic heterocycles. The van der Waals surface area contributed by atoms with Crippen molar-refractivity contribution in [2.45, 2.75) is 359 Å². The maximum absolute atomic E-state index is 13.5. The highest BCUT2D eigenvalue weighted by Crippen LogP contribution is 2.26. The molecule has 1 aliphatic heterocycles. The molecule has 0 bridgehead atoms. The fourth-order valence-corrected chi connectivity index (χ4v) is 10.5. The van der Waals surface area contributed by atoms with Gasteiger partial charge in [-0.3, -0.25) is 9.59 Å². The molecule has 1 heterocycles. The third-order valence-corrected chi connectivity index (χ3v) is 15.9. The number of nitrogens with one attached hydrogen (secondary N) is 1. The number of carbonyl (C=O) groups excluding carboxylic acids is 2. The van der Waals surface area contributed by atoms with Crippen LogP contribution >= 0.6 is 0 Å². The highest BCUT2D eigenvalue weighted by Gasteiger charge is 2.47. The fraction of sp³-hybridized carbons (Fsp3) is 0.829. The molecule has 1 aliphatic rings. The molecule has 6 N–H and O–H groups in total. The average molecular weight is 1140 g/mol. The fourth-order valence-electron chi connectivity index (χ4n) is 10.5. The molecule has 1 rings (SSSR count). The van der Waals surface area contributed by atoms with Crippen molar-refractivity contribution < 1.29 is 49.3 Å². The van der Waals surface area contributed by atoms with E-state index in [-0.39, 0.29) is 19.4 Å². The molecular weight excluding hydrogens is 1010 g/mol. The normalized spacial score (nSPS) is 19.0. The van der Waals surface area contributed by atoms with E-state index in [0.29, 0.717) is 12.8 Å². The predicted octanol–water partition coefficient (Wildman–Crippen LogP) is 17.0. The number of hydrogen-bond donors (Lipinski definition) is 6. The van der Waals surface area contributed by atoms with Gasteiger partial charge in [-0.1, -0.05) is 274 Å². The molecule has 1 fully saturated rings. The van der Waals surface area contributed by atoms with Gasteiger partial charge in [0, 0.05) is 6.42 Å². The smallest absolute Gasteiger partial charge is 0.306 e. The third kappa shape index (κ3) is 45.4. The molecule has 1 saturated heterocycles. The molecule has 0 radical (unpaired) electrons. The van der Waals surface area contributed by atoms with Crippen LogP contribution in [0, 0.1) is 0 Å². The number of hydrogen-bond acceptors (Lipinski definition) is 10. The van der Waals surface area contributed by atoms with Crippen molar-refractivity contribution in [1.82, 2.24) is 5.32 Å². The number of rotatable bonds is 58. The standard InChI is InChI=1S/C70H127NO10/c1-4-7-10-13-16-19-22-25-27-29-31-32-33-35-37-40-43-46-49-52-55-58-65(75)81-68-67(77)66(76)64(59-72)80-70(68)79-60-61(62(73)56-53-50-47-44-41-38-24-21-18-15-12-9-6-3)71-69(78)63(74)57-54-51-48-45-42-39-36-34-30-28-26-23-20-17-14-11-8-5-2/h16,19,25-28,31-32,53,56,61-64,66-68,70,72-74,76-77H,4-15,17-18,20-24,29-30,33-52,54-55,57-60H2,1-3H3,(H,71,78)/b19-16-,27-25-,28-26+,32-31-,56-53+. The van der Waals surface area contributed by atoms with E-state index in [1.54, 1.807) is 6.08 Å². The monoisotopic (exact) mass is 1140 g/mol. The van der Waals surface area contributed by atoms with Gasteiger partial charge < -0.3 is 45.1 Å². The van der Waals surface area contributed by atoms with E-state index < -0.39 is 67.4 Å². The summed E-state index contributed by atoms with van der Waals surface area (Å²) >= 11 is 0. The van der Waals surface area contributed by atoms with E-state index >= 15 is 0 Å². The second-order valence-electron chi connectivity index (χ2n) is 23.6. The van der Waals surface area contributed by atoms with Gasteiger partial charge in [0.05, 0.1) is 25.4 Å². The van der Waals surface area contributed by atoms with Crippen LogP contribution in [0.25, 0.3) is 0 Å². The Morgan fingerprint density at radius 1 is 0.481 bits per heavy atom. The van der Waals surface area contributed by atoms with Gasteiger partial charge >= 0.3 is 5.97 Å². The van der Waals surface area contributed by atoms with Gasteiger partial charge in [0.15, 0.2) is 12.4 Å². The van der Waals surface area contributed by atoms with Gasteiger partial charge in [0.2, 0.25) is 5.91 Å². The summed E-state index contributed by atoms with van der Waals surface area (Å²) in [6, 6.07) is -1.03. The molecule has 0 aromatic carbocycles. The maximum atomic E-state index is 13.5. The molecule has 472 valence electrons. The number of aliphatic hydroxyl groups excluding tert-OH is 5. The van der Waals surface area contributed by atoms with Crippen LogP contribution in [0.3, 0.4) is 0 Å². The van der Waals surface area contributed by atoms with Gasteiger partial charge in [-0.2, -0.15) is 0 Å². The number of allylic oxidation sites excluding steroid dienone is 9. The molecule has 11 nitrogen and oxygen atoms in total. The molecular formula is C70H127NO10. The van der Waals surface area contributed by atoms with E-state index in [1.165, 1.54) is 173 Å². The molecule has 0 saturated carbocycles. The summed E-state index contributed by atoms with van der Waals surface area (Å²) < 4.78 is 17.7. The minimum Gasteiger partial charge on any atom is -0.454 e. The number of esters is 1. The topological polar surface area (TPSA) is 175 Å². The number of ether oxygens (including phenoxy) is 3. The van der Waals surface area contributed by atoms with Gasteiger partial charge in [-0.25, -0.2) is 0 Å². The lowest BCUT2D eigenvalue weighted by atomic mass is 9.99. The molecule has 8 unspecified atom stereocenters. The van der Waals surface area contributed by atoms with Crippen LogP contribution in [0.4, 0.5) is 0 Å². The maximum Gasteiger partial charge on any atom is 0.306 e. The van der Waals surface area contributed by atoms with Crippen LogP contribution in [-0.4, -0.2) is 99.6 Å². The lowest BCUT2D eigenvalue weighted by Gasteiger charge is -2.41. The lowest BCUT2D eigenvalue weighted by Crippen LogP contribution is -2.61. The summed E-state index contributed by atoms with van der Waals surface area (Å²) in [6.07, 6.45) is 62.5. The molecule has 0 aromatic rings. The second kappa shape index (κ2) is 57.8. The number of aliphatic hydroxyl groups is 5. The van der Waals surface area contributed by atoms with E-state index in [2.05, 4.69) is 74.7 Å². The SMILES string of the molecule is CCCCC/C=C\C/C=C\C/C=C\CCCCCCCCCCC(=O)OC1C(OCC(NC(=O)C(O)CCCCCCCCCC/C=C/CCCCCCCC)C(O)/C=C/CCCCCCCCCCCCC)OC(CO)C(O)C1O. The first kappa shape index (κ1) is 76.4. The van der Waals surface area contributed by atoms with Crippen molar-refractivity contribution in [3.8, 4) is 0 Å². The average Bonchev–Trinajstić information content (AvgIpc) is 3.53. The van der Waals surface area contributed by atoms with Crippen molar-refractivity contribution in [3.63, 3.8) is 0 Å². The first-order valence-corrected chi connectivity index (χ1v) is 34.1. The minimum atomic E-state index is -1.62. The van der Waals surface area contributed by atoms with Crippen LogP contribution in [0.15, 0.2) is 60.8 Å². The van der Waals surface area contributed by atoms with Gasteiger partial charge in [-0.05, 0) is 89.9 Å². The first-order chi connectivity index (χ1) is 39.7. The zero-order valence-electron chi connectivity index (χ0n) is 52.4. The Morgan fingerprint density at radius 2 is 0.852 bits per heavy atom. The van der Waals surface area contributed by atoms with Gasteiger partial charge in [0.25, 0.3) is 0 Å². The largest absolute Gasteiger partial charge is 0.454 e. The third-order valence-electron chi connectivity index (χ3n) is 15.9. The zero-order valence-corrected chi connectivity index (χ0v) is 52.4. The van der Waals surface area contributed by atoms with Crippen LogP contribution < -0.4 is 5.32 Å². The van der Waals surface area contributed by atoms with E-state index in [0.717, 1.165) is 89.9 Å². The van der Waals surface area contributed by atoms with E-state index in [9.17, 15) is 35.1 Å². The molecule has 1 amide bonds. The van der Waals surface area contributed by atoms with Crippen LogP contribution in [-0.2, 0) is 23.8 Å². The van der Waals surface area contributed by atoms with Crippen molar-refractivity contribution in [2.75, 3.05) is 13.2 Å². The summed E-state index contributed by atoms with van der Waals surface area (Å²) in [4.78, 5) is 26.6. The van der Waals surface area contributed by atoms with Crippen molar-refractivity contribution in [3.05, 3.63) is 60.8 Å². The molecule has 11 heteroatoms. The first-order valence-electron chi connectivity index (χ1n) is 34.1. The van der Waals surface area contributed by atoms with Gasteiger partial charge in [0.1, 0.15) is 24.4 Å². The van der Waals surface area contributed by atoms with E-state index in [1.807, 2.05) is 6.08 Å². The molecule has 8 atom stereocenters.